The maximum atomic E-state index is 9.17. The molecule has 4 nitrogen and oxygen atoms in total. The van der Waals surface area contributed by atoms with Gasteiger partial charge in [0.2, 0.25) is 6.35 Å². The van der Waals surface area contributed by atoms with Crippen molar-refractivity contribution < 1.29 is 18.7 Å². The number of hydrogen-bond donors (Lipinski definition) is 1. The van der Waals surface area contributed by atoms with Crippen molar-refractivity contribution in [3.05, 3.63) is 0 Å². The summed E-state index contributed by atoms with van der Waals surface area (Å²) in [5.41, 5.74) is 0. The van der Waals surface area contributed by atoms with Crippen molar-refractivity contribution in [1.29, 1.82) is 0 Å². The molecule has 9 heavy (non-hydrogen) atoms. The highest BCUT2D eigenvalue weighted by atomic mass is 31.2. The van der Waals surface area contributed by atoms with Crippen molar-refractivity contribution in [1.82, 2.24) is 0 Å². The van der Waals surface area contributed by atoms with Gasteiger partial charge in [0.15, 0.2) is 0 Å². The van der Waals surface area contributed by atoms with Gasteiger partial charge in [0, 0.05) is 7.11 Å². The van der Waals surface area contributed by atoms with Crippen LogP contribution in [0, 0.1) is 0 Å². The molecular formula is C4H12O4P+. The molecule has 0 unspecified atom stereocenters. The highest BCUT2D eigenvalue weighted by molar-refractivity contribution is 7.60. The summed E-state index contributed by atoms with van der Waals surface area (Å²) >= 11 is 0. The molecule has 56 valence electrons. The monoisotopic (exact) mass is 155 g/mol. The maximum Gasteiger partial charge on any atom is 0.436 e. The topological polar surface area (TPSA) is 47.9 Å². The molecule has 0 aromatic carbocycles. The molecule has 0 amide bonds. The van der Waals surface area contributed by atoms with E-state index in [1.165, 1.54) is 21.3 Å². The average Bonchev–Trinajstić information content (AvgIpc) is 1.89. The van der Waals surface area contributed by atoms with Crippen LogP contribution in [0.2, 0.25) is 0 Å². The van der Waals surface area contributed by atoms with Crippen LogP contribution in [0.5, 0.6) is 0 Å². The highest BCUT2D eigenvalue weighted by Gasteiger charge is 2.37. The Bertz CT molecular complexity index is 73.0. The zero-order valence-corrected chi connectivity index (χ0v) is 6.72. The van der Waals surface area contributed by atoms with Gasteiger partial charge in [-0.05, 0) is 0 Å². The Kier molecular flexibility index (Phi) is 4.27. The second-order valence-corrected chi connectivity index (χ2v) is 3.68. The Hall–Kier alpha value is 0.270. The van der Waals surface area contributed by atoms with Gasteiger partial charge in [0.25, 0.3) is 0 Å². The second-order valence-electron chi connectivity index (χ2n) is 1.42. The van der Waals surface area contributed by atoms with Gasteiger partial charge < -0.3 is 4.74 Å². The molecule has 0 radical (unpaired) electrons. The number of rotatable bonds is 4. The number of hydrogen-bond acceptors (Lipinski definition) is 4. The van der Waals surface area contributed by atoms with Crippen molar-refractivity contribution in [2.24, 2.45) is 0 Å². The number of ether oxygens (including phenoxy) is 1. The van der Waals surface area contributed by atoms with Crippen LogP contribution in [0.15, 0.2) is 0 Å². The van der Waals surface area contributed by atoms with E-state index in [0.29, 0.717) is 0 Å². The van der Waals surface area contributed by atoms with Gasteiger partial charge in [0.1, 0.15) is 0 Å². The minimum Gasteiger partial charge on any atom is -0.343 e. The first-order valence-electron chi connectivity index (χ1n) is 2.39. The first-order valence-corrected chi connectivity index (χ1v) is 4.16. The summed E-state index contributed by atoms with van der Waals surface area (Å²) in [6.07, 6.45) is 0.111. The van der Waals surface area contributed by atoms with E-state index in [2.05, 4.69) is 13.8 Å². The van der Waals surface area contributed by atoms with E-state index >= 15 is 0 Å². The smallest absolute Gasteiger partial charge is 0.343 e. The van der Waals surface area contributed by atoms with Crippen LogP contribution >= 0.6 is 7.94 Å². The van der Waals surface area contributed by atoms with Crippen molar-refractivity contribution in [2.75, 3.05) is 27.7 Å². The van der Waals surface area contributed by atoms with Crippen molar-refractivity contribution >= 4 is 7.94 Å². The lowest BCUT2D eigenvalue weighted by atomic mass is 11.5. The normalized spacial score (nSPS) is 12.0. The van der Waals surface area contributed by atoms with Gasteiger partial charge in [-0.25, -0.2) is 0 Å². The summed E-state index contributed by atoms with van der Waals surface area (Å²) in [7, 11) is 1.59. The fraction of sp³-hybridized carbons (Fsp3) is 1.00. The SMILES string of the molecule is COC[P+](O)(OC)OC. The van der Waals surface area contributed by atoms with E-state index in [9.17, 15) is 4.89 Å². The fourth-order valence-corrected chi connectivity index (χ4v) is 1.03. The molecule has 0 atom stereocenters. The van der Waals surface area contributed by atoms with Crippen LogP contribution in [0.3, 0.4) is 0 Å². The van der Waals surface area contributed by atoms with Crippen LogP contribution in [-0.4, -0.2) is 32.6 Å². The predicted octanol–water partition coefficient (Wildman–Crippen LogP) is 0.638. The Morgan fingerprint density at radius 3 is 1.78 bits per heavy atom. The van der Waals surface area contributed by atoms with E-state index in [4.69, 9.17) is 0 Å². The summed E-state index contributed by atoms with van der Waals surface area (Å²) in [6, 6.07) is 0. The van der Waals surface area contributed by atoms with Crippen molar-refractivity contribution in [3.8, 4) is 0 Å². The zero-order valence-electron chi connectivity index (χ0n) is 5.83. The molecule has 5 heteroatoms. The van der Waals surface area contributed by atoms with Crippen LogP contribution in [-0.2, 0) is 13.8 Å². The lowest BCUT2D eigenvalue weighted by Crippen LogP contribution is -2.03. The predicted molar refractivity (Wildman–Crippen MR) is 35.0 cm³/mol. The molecule has 0 heterocycles. The molecular weight excluding hydrogens is 143 g/mol. The largest absolute Gasteiger partial charge is 0.436 e. The van der Waals surface area contributed by atoms with E-state index in [0.717, 1.165) is 0 Å². The summed E-state index contributed by atoms with van der Waals surface area (Å²) in [5.74, 6) is 0. The van der Waals surface area contributed by atoms with Gasteiger partial charge >= 0.3 is 7.94 Å². The third kappa shape index (κ3) is 3.08. The van der Waals surface area contributed by atoms with Gasteiger partial charge in [-0.2, -0.15) is 13.9 Å². The Labute approximate surface area is 55.3 Å². The zero-order chi connectivity index (χ0) is 7.33. The molecule has 1 N–H and O–H groups in total. The molecule has 0 aliphatic heterocycles. The van der Waals surface area contributed by atoms with Gasteiger partial charge in [-0.15, -0.1) is 0 Å². The summed E-state index contributed by atoms with van der Waals surface area (Å²) in [4.78, 5) is 9.17. The maximum absolute atomic E-state index is 9.17. The van der Waals surface area contributed by atoms with E-state index in [-0.39, 0.29) is 6.35 Å². The molecule has 0 rings (SSSR count). The van der Waals surface area contributed by atoms with E-state index in [1.54, 1.807) is 0 Å². The van der Waals surface area contributed by atoms with Gasteiger partial charge in [-0.3, -0.25) is 0 Å². The Balaban J connectivity index is 3.62. The Morgan fingerprint density at radius 1 is 1.22 bits per heavy atom. The summed E-state index contributed by atoms with van der Waals surface area (Å²) < 4.78 is 13.9. The standard InChI is InChI=1S/C4H12O4P/c1-6-4-9(5,7-2)8-3/h5H,4H2,1-3H3/q+1. The van der Waals surface area contributed by atoms with Crippen LogP contribution in [0.1, 0.15) is 0 Å². The quantitative estimate of drug-likeness (QED) is 0.605. The lowest BCUT2D eigenvalue weighted by Gasteiger charge is -2.10. The first kappa shape index (κ1) is 9.27. The highest BCUT2D eigenvalue weighted by Crippen LogP contribution is 2.54. The van der Waals surface area contributed by atoms with Crippen molar-refractivity contribution in [2.45, 2.75) is 0 Å². The summed E-state index contributed by atoms with van der Waals surface area (Å²) in [5, 5.41) is 0. The third-order valence-corrected chi connectivity index (χ3v) is 2.59. The molecule has 0 spiro atoms. The van der Waals surface area contributed by atoms with E-state index < -0.39 is 7.94 Å². The molecule has 0 fully saturated rings. The molecule has 0 bridgehead atoms. The second kappa shape index (κ2) is 4.14. The molecule has 0 aliphatic carbocycles. The van der Waals surface area contributed by atoms with Crippen LogP contribution < -0.4 is 0 Å². The van der Waals surface area contributed by atoms with Gasteiger partial charge in [0.05, 0.1) is 14.2 Å². The molecule has 0 saturated heterocycles. The number of methoxy groups -OCH3 is 1. The summed E-state index contributed by atoms with van der Waals surface area (Å²) in [6.45, 7) is 0. The molecule has 0 aliphatic rings. The fourth-order valence-electron chi connectivity index (χ4n) is 0.343. The average molecular weight is 155 g/mol. The van der Waals surface area contributed by atoms with Crippen LogP contribution in [0.25, 0.3) is 0 Å². The molecule has 0 aromatic rings. The Morgan fingerprint density at radius 2 is 1.67 bits per heavy atom. The molecule has 0 aromatic heterocycles. The molecule has 0 saturated carbocycles. The van der Waals surface area contributed by atoms with Crippen molar-refractivity contribution in [3.63, 3.8) is 0 Å². The van der Waals surface area contributed by atoms with Gasteiger partial charge in [-0.1, -0.05) is 0 Å². The van der Waals surface area contributed by atoms with Crippen LogP contribution in [0.4, 0.5) is 0 Å². The third-order valence-electron chi connectivity index (χ3n) is 0.863. The van der Waals surface area contributed by atoms with E-state index in [1.807, 2.05) is 0 Å². The lowest BCUT2D eigenvalue weighted by molar-refractivity contribution is 0.170. The minimum atomic E-state index is -2.65. The first-order chi connectivity index (χ1) is 4.18. The minimum absolute atomic E-state index is 0.111.